The second-order valence-electron chi connectivity index (χ2n) is 12.9. The number of allylic oxidation sites excluding steroid dienone is 1. The topological polar surface area (TPSA) is 54.0 Å². The van der Waals surface area contributed by atoms with Gasteiger partial charge >= 0.3 is 8.24 Å². The maximum atomic E-state index is 6.89. The third-order valence-corrected chi connectivity index (χ3v) is 8.89. The molecule has 1 heterocycles. The third-order valence-electron chi connectivity index (χ3n) is 7.89. The van der Waals surface area contributed by atoms with Gasteiger partial charge in [-0.3, -0.25) is 0 Å². The van der Waals surface area contributed by atoms with Crippen LogP contribution in [0.3, 0.4) is 0 Å². The van der Waals surface area contributed by atoms with Crippen molar-refractivity contribution in [2.24, 2.45) is 5.41 Å². The summed E-state index contributed by atoms with van der Waals surface area (Å²) in [4.78, 5) is 0. The Morgan fingerprint density at radius 3 is 1.95 bits per heavy atom. The standard InChI is InChI=1S/C37H41O5P/c1-23(38-9)19-30-31-21-27(39-10)22-32(37(6,7)8)35(31)42-43(40-33(30)24(2)36(3,4)5)41-34-28-17-13-11-15-25(28)20-26-16-12-14-18-29(26)34/h11-22H,1H2,2-10H3/b30-19-,33-24-. The van der Waals surface area contributed by atoms with Gasteiger partial charge in [-0.15, -0.1) is 0 Å². The molecule has 6 heteroatoms. The zero-order valence-electron chi connectivity index (χ0n) is 26.6. The molecule has 0 amide bonds. The normalized spacial score (nSPS) is 13.8. The van der Waals surface area contributed by atoms with Crippen LogP contribution in [-0.2, 0) is 10.2 Å². The van der Waals surface area contributed by atoms with Gasteiger partial charge < -0.3 is 22.4 Å². The first-order chi connectivity index (χ1) is 20.3. The van der Waals surface area contributed by atoms with Gasteiger partial charge in [0.05, 0.1) is 14.2 Å². The number of benzene rings is 4. The molecule has 0 N–H and O–H groups in total. The fourth-order valence-corrected chi connectivity index (χ4v) is 6.26. The Bertz CT molecular complexity index is 1970. The molecule has 0 aliphatic rings. The molecule has 224 valence electrons. The van der Waals surface area contributed by atoms with Crippen molar-refractivity contribution in [3.63, 3.8) is 0 Å². The summed E-state index contributed by atoms with van der Waals surface area (Å²) in [5.41, 5.74) is 2.89. The number of fused-ring (bicyclic) bond motifs is 3. The van der Waals surface area contributed by atoms with Gasteiger partial charge in [0.25, 0.3) is 0 Å². The minimum absolute atomic E-state index is 0.216. The van der Waals surface area contributed by atoms with E-state index in [2.05, 4.69) is 85.4 Å². The average molecular weight is 597 g/mol. The van der Waals surface area contributed by atoms with E-state index in [9.17, 15) is 0 Å². The zero-order valence-corrected chi connectivity index (χ0v) is 27.5. The van der Waals surface area contributed by atoms with Crippen LogP contribution in [-0.4, -0.2) is 14.2 Å². The second kappa shape index (κ2) is 11.5. The van der Waals surface area contributed by atoms with Crippen molar-refractivity contribution in [3.8, 4) is 11.5 Å². The van der Waals surface area contributed by atoms with Gasteiger partial charge in [-0.2, -0.15) is 0 Å². The van der Waals surface area contributed by atoms with E-state index in [1.54, 1.807) is 14.2 Å². The van der Waals surface area contributed by atoms with Gasteiger partial charge in [0.2, 0.25) is 0 Å². The molecule has 4 aromatic carbocycles. The van der Waals surface area contributed by atoms with Gasteiger partial charge in [0, 0.05) is 26.9 Å². The summed E-state index contributed by atoms with van der Waals surface area (Å²) >= 11 is 0. The Labute approximate surface area is 254 Å². The Morgan fingerprint density at radius 2 is 1.42 bits per heavy atom. The molecule has 0 saturated heterocycles. The quantitative estimate of drug-likeness (QED) is 0.149. The highest BCUT2D eigenvalue weighted by Gasteiger charge is 2.24. The summed E-state index contributed by atoms with van der Waals surface area (Å²) in [6.45, 7) is 19.2. The van der Waals surface area contributed by atoms with Crippen molar-refractivity contribution in [2.45, 2.75) is 53.9 Å². The van der Waals surface area contributed by atoms with E-state index in [0.29, 0.717) is 16.8 Å². The highest BCUT2D eigenvalue weighted by atomic mass is 31.1. The highest BCUT2D eigenvalue weighted by Crippen LogP contribution is 2.42. The van der Waals surface area contributed by atoms with Gasteiger partial charge in [-0.25, -0.2) is 0 Å². The molecule has 5 aromatic rings. The highest BCUT2D eigenvalue weighted by molar-refractivity contribution is 7.32. The van der Waals surface area contributed by atoms with E-state index in [1.165, 1.54) is 0 Å². The minimum atomic E-state index is -1.97. The van der Waals surface area contributed by atoms with E-state index >= 15 is 0 Å². The van der Waals surface area contributed by atoms with Crippen LogP contribution in [0.4, 0.5) is 0 Å². The molecular formula is C37H41O5P. The van der Waals surface area contributed by atoms with Gasteiger partial charge in [0.15, 0.2) is 5.75 Å². The molecular weight excluding hydrogens is 555 g/mol. The average Bonchev–Trinajstić information content (AvgIpc) is 3.11. The maximum absolute atomic E-state index is 6.89. The number of methoxy groups -OCH3 is 2. The van der Waals surface area contributed by atoms with Gasteiger partial charge in [0.1, 0.15) is 22.5 Å². The van der Waals surface area contributed by atoms with E-state index in [0.717, 1.165) is 54.8 Å². The lowest BCUT2D eigenvalue weighted by atomic mass is 9.85. The molecule has 0 saturated carbocycles. The molecule has 1 unspecified atom stereocenters. The molecule has 43 heavy (non-hydrogen) atoms. The van der Waals surface area contributed by atoms with Crippen LogP contribution in [0, 0.1) is 5.41 Å². The molecule has 5 rings (SSSR count). The van der Waals surface area contributed by atoms with Crippen molar-refractivity contribution >= 4 is 52.4 Å². The monoisotopic (exact) mass is 596 g/mol. The SMILES string of the molecule is C=C(/C=c1\c(=C(/C)C(C)(C)C)op(Oc2c3ccccc3cc3ccccc23)oc2c(C(C)(C)C)cc(OC)cc12)OC. The molecule has 0 bridgehead atoms. The van der Waals surface area contributed by atoms with Crippen LogP contribution in [0.15, 0.2) is 87.5 Å². The molecule has 0 fully saturated rings. The van der Waals surface area contributed by atoms with Crippen molar-refractivity contribution in [3.05, 3.63) is 95.3 Å². The van der Waals surface area contributed by atoms with E-state index in [1.807, 2.05) is 42.5 Å². The summed E-state index contributed by atoms with van der Waals surface area (Å²) in [7, 11) is 1.32. The number of hydrogen-bond acceptors (Lipinski definition) is 5. The molecule has 0 aliphatic carbocycles. The maximum Gasteiger partial charge on any atom is 0.453 e. The first-order valence-electron chi connectivity index (χ1n) is 14.5. The lowest BCUT2D eigenvalue weighted by Crippen LogP contribution is -2.30. The molecule has 0 aliphatic heterocycles. The fraction of sp³-hybridized carbons (Fsp3) is 0.297. The summed E-state index contributed by atoms with van der Waals surface area (Å²) in [6, 6.07) is 22.7. The number of ether oxygens (including phenoxy) is 2. The Kier molecular flexibility index (Phi) is 8.15. The predicted molar refractivity (Wildman–Crippen MR) is 180 cm³/mol. The van der Waals surface area contributed by atoms with Gasteiger partial charge in [-0.1, -0.05) is 96.7 Å². The zero-order chi connectivity index (χ0) is 31.1. The summed E-state index contributed by atoms with van der Waals surface area (Å²) in [5.74, 6) is 1.95. The van der Waals surface area contributed by atoms with Crippen molar-refractivity contribution in [1.82, 2.24) is 0 Å². The second-order valence-corrected chi connectivity index (χ2v) is 13.9. The van der Waals surface area contributed by atoms with Crippen LogP contribution in [0.25, 0.3) is 44.2 Å². The third kappa shape index (κ3) is 6.05. The summed E-state index contributed by atoms with van der Waals surface area (Å²) < 4.78 is 32.0. The first kappa shape index (κ1) is 30.4. The van der Waals surface area contributed by atoms with Crippen molar-refractivity contribution < 1.29 is 22.4 Å². The van der Waals surface area contributed by atoms with Crippen LogP contribution in [0.5, 0.6) is 11.5 Å². The molecule has 0 radical (unpaired) electrons. The lowest BCUT2D eigenvalue weighted by Gasteiger charge is -2.20. The summed E-state index contributed by atoms with van der Waals surface area (Å²) in [5, 5.41) is 5.79. The fourth-order valence-electron chi connectivity index (χ4n) is 5.07. The molecule has 1 atom stereocenters. The van der Waals surface area contributed by atoms with E-state index in [-0.39, 0.29) is 10.8 Å². The van der Waals surface area contributed by atoms with Crippen LogP contribution in [0.2, 0.25) is 0 Å². The van der Waals surface area contributed by atoms with E-state index in [4.69, 9.17) is 22.4 Å². The Hall–Kier alpha value is -4.08. The summed E-state index contributed by atoms with van der Waals surface area (Å²) in [6.07, 6.45) is 1.91. The van der Waals surface area contributed by atoms with Crippen molar-refractivity contribution in [2.75, 3.05) is 14.2 Å². The van der Waals surface area contributed by atoms with Crippen molar-refractivity contribution in [1.29, 1.82) is 0 Å². The Balaban J connectivity index is 2.03. The molecule has 1 aromatic heterocycles. The number of rotatable bonds is 5. The van der Waals surface area contributed by atoms with E-state index < -0.39 is 8.24 Å². The van der Waals surface area contributed by atoms with Crippen LogP contribution in [0.1, 0.15) is 54.0 Å². The molecule has 5 nitrogen and oxygen atoms in total. The lowest BCUT2D eigenvalue weighted by molar-refractivity contribution is 0.315. The van der Waals surface area contributed by atoms with Crippen LogP contribution >= 0.6 is 8.24 Å². The smallest absolute Gasteiger partial charge is 0.453 e. The predicted octanol–water partition coefficient (Wildman–Crippen LogP) is 9.75. The van der Waals surface area contributed by atoms with Crippen LogP contribution < -0.4 is 19.9 Å². The Morgan fingerprint density at radius 1 is 0.814 bits per heavy atom. The number of hydrogen-bond donors (Lipinski definition) is 0. The molecule has 0 spiro atoms. The largest absolute Gasteiger partial charge is 0.497 e. The minimum Gasteiger partial charge on any atom is -0.497 e. The van der Waals surface area contributed by atoms with Gasteiger partial charge in [-0.05, 0) is 58.4 Å². The first-order valence-corrected chi connectivity index (χ1v) is 15.5.